The van der Waals surface area contributed by atoms with Gasteiger partial charge in [0.25, 0.3) is 0 Å². The number of carbonyl (C=O) groups is 1. The molecular formula is C10H19KN2O3. The third kappa shape index (κ3) is 14.5. The first-order valence-electron chi connectivity index (χ1n) is 5.15. The Balaban J connectivity index is 0. The fraction of sp³-hybridized carbons (Fsp3) is 0.800. The fourth-order valence-electron chi connectivity index (χ4n) is 0.911. The predicted molar refractivity (Wildman–Crippen MR) is 57.0 cm³/mol. The monoisotopic (exact) mass is 254 g/mol. The maximum atomic E-state index is 11.1. The number of hydrogen-bond donors (Lipinski definition) is 2. The molecule has 2 N–H and O–H groups in total. The van der Waals surface area contributed by atoms with Gasteiger partial charge in [0, 0.05) is 6.54 Å². The molecule has 0 unspecified atom stereocenters. The summed E-state index contributed by atoms with van der Waals surface area (Å²) in [6.45, 7) is 5.09. The van der Waals surface area contributed by atoms with Crippen LogP contribution in [-0.2, 0) is 14.3 Å². The van der Waals surface area contributed by atoms with Gasteiger partial charge in [-0.1, -0.05) is 0 Å². The van der Waals surface area contributed by atoms with Gasteiger partial charge >= 0.3 is 51.4 Å². The summed E-state index contributed by atoms with van der Waals surface area (Å²) in [6.07, 6.45) is 3.33. The summed E-state index contributed by atoms with van der Waals surface area (Å²) >= 11 is 0. The first kappa shape index (κ1) is 18.9. The van der Waals surface area contributed by atoms with Crippen LogP contribution in [-0.4, -0.2) is 38.1 Å². The number of carbonyl (C=O) groups excluding carboxylic acids is 2. The van der Waals surface area contributed by atoms with Gasteiger partial charge in [-0.2, -0.15) is 6.41 Å². The zero-order valence-electron chi connectivity index (χ0n) is 10.3. The predicted octanol–water partition coefficient (Wildman–Crippen LogP) is -3.03. The molecule has 16 heavy (non-hydrogen) atoms. The third-order valence-corrected chi connectivity index (χ3v) is 1.67. The summed E-state index contributed by atoms with van der Waals surface area (Å²) in [4.78, 5) is 20.9. The molecule has 5 nitrogen and oxygen atoms in total. The summed E-state index contributed by atoms with van der Waals surface area (Å²) in [5, 5.41) is 5.16. The van der Waals surface area contributed by atoms with E-state index in [0.717, 1.165) is 12.8 Å². The van der Waals surface area contributed by atoms with E-state index >= 15 is 0 Å². The molecule has 6 heteroatoms. The van der Waals surface area contributed by atoms with Crippen LogP contribution in [0.3, 0.4) is 0 Å². The second-order valence-electron chi connectivity index (χ2n) is 3.45. The molecule has 0 radical (unpaired) electrons. The smallest absolute Gasteiger partial charge is 0.530 e. The fourth-order valence-corrected chi connectivity index (χ4v) is 0.911. The second kappa shape index (κ2) is 13.6. The quantitative estimate of drug-likeness (QED) is 0.199. The van der Waals surface area contributed by atoms with Crippen molar-refractivity contribution in [2.24, 2.45) is 0 Å². The average Bonchev–Trinajstić information content (AvgIpc) is 2.20. The summed E-state index contributed by atoms with van der Waals surface area (Å²) in [5.41, 5.74) is 0. The molecule has 0 fully saturated rings. The number of unbranched alkanes of at least 4 members (excludes halogenated alkanes) is 1. The molecule has 0 spiro atoms. The molecule has 0 atom stereocenters. The minimum absolute atomic E-state index is 0. The van der Waals surface area contributed by atoms with Crippen LogP contribution >= 0.6 is 0 Å². The van der Waals surface area contributed by atoms with Gasteiger partial charge in [-0.15, -0.1) is 0 Å². The maximum Gasteiger partial charge on any atom is 1.00 e. The van der Waals surface area contributed by atoms with E-state index in [1.54, 1.807) is 6.41 Å². The molecule has 0 bridgehead atoms. The van der Waals surface area contributed by atoms with Crippen molar-refractivity contribution in [3.05, 3.63) is 0 Å². The molecule has 0 aliphatic carbocycles. The number of nitrogens with one attached hydrogen (secondary N) is 2. The van der Waals surface area contributed by atoms with Crippen LogP contribution in [0.2, 0.25) is 0 Å². The number of hydrogen-bond acceptors (Lipinski definition) is 3. The molecule has 0 aromatic carbocycles. The van der Waals surface area contributed by atoms with Crippen molar-refractivity contribution in [1.29, 1.82) is 0 Å². The van der Waals surface area contributed by atoms with Crippen LogP contribution in [0.4, 0.5) is 0 Å². The SMILES string of the molecule is CC(C)OCC(=O)NCCCCN[C-]=O.[K+]. The zero-order chi connectivity index (χ0) is 11.5. The van der Waals surface area contributed by atoms with Crippen molar-refractivity contribution < 1.29 is 65.7 Å². The van der Waals surface area contributed by atoms with Crippen molar-refractivity contribution in [2.45, 2.75) is 32.8 Å². The number of rotatable bonds is 9. The van der Waals surface area contributed by atoms with Crippen LogP contribution in [0.15, 0.2) is 0 Å². The van der Waals surface area contributed by atoms with E-state index in [-0.39, 0.29) is 70.0 Å². The van der Waals surface area contributed by atoms with Crippen LogP contribution < -0.4 is 62.0 Å². The van der Waals surface area contributed by atoms with Gasteiger partial charge in [0.05, 0.1) is 6.10 Å². The molecule has 88 valence electrons. The van der Waals surface area contributed by atoms with Gasteiger partial charge in [-0.05, 0) is 33.2 Å². The molecule has 0 aromatic heterocycles. The maximum absolute atomic E-state index is 11.1. The average molecular weight is 254 g/mol. The van der Waals surface area contributed by atoms with Gasteiger partial charge in [0.2, 0.25) is 5.91 Å². The largest absolute Gasteiger partial charge is 1.00 e. The Kier molecular flexibility index (Phi) is 16.1. The van der Waals surface area contributed by atoms with Crippen LogP contribution in [0.25, 0.3) is 0 Å². The van der Waals surface area contributed by atoms with Crippen molar-refractivity contribution in [2.75, 3.05) is 19.7 Å². The van der Waals surface area contributed by atoms with E-state index in [9.17, 15) is 9.59 Å². The number of ether oxygens (including phenoxy) is 1. The first-order chi connectivity index (χ1) is 7.16. The zero-order valence-corrected chi connectivity index (χ0v) is 13.5. The Labute approximate surface area is 139 Å². The van der Waals surface area contributed by atoms with Crippen molar-refractivity contribution >= 4 is 12.3 Å². The van der Waals surface area contributed by atoms with Crippen LogP contribution in [0.5, 0.6) is 0 Å². The van der Waals surface area contributed by atoms with E-state index in [0.29, 0.717) is 13.1 Å². The van der Waals surface area contributed by atoms with Gasteiger partial charge in [-0.3, -0.25) is 4.79 Å². The molecule has 0 rings (SSSR count). The molecule has 2 amide bonds. The summed E-state index contributed by atoms with van der Waals surface area (Å²) in [6, 6.07) is 0. The molecule has 0 aliphatic heterocycles. The van der Waals surface area contributed by atoms with E-state index in [4.69, 9.17) is 4.74 Å². The van der Waals surface area contributed by atoms with E-state index in [2.05, 4.69) is 10.6 Å². The molecule has 0 aliphatic rings. The van der Waals surface area contributed by atoms with Gasteiger partial charge in [-0.25, -0.2) is 0 Å². The van der Waals surface area contributed by atoms with Crippen molar-refractivity contribution in [1.82, 2.24) is 10.6 Å². The van der Waals surface area contributed by atoms with E-state index in [1.807, 2.05) is 13.8 Å². The van der Waals surface area contributed by atoms with Crippen molar-refractivity contribution in [3.8, 4) is 0 Å². The summed E-state index contributed by atoms with van der Waals surface area (Å²) < 4.78 is 5.12. The van der Waals surface area contributed by atoms with Gasteiger partial charge in [0.1, 0.15) is 6.61 Å². The van der Waals surface area contributed by atoms with Crippen LogP contribution in [0, 0.1) is 0 Å². The summed E-state index contributed by atoms with van der Waals surface area (Å²) in [7, 11) is 0. The Morgan fingerprint density at radius 1 is 1.31 bits per heavy atom. The molecular weight excluding hydrogens is 235 g/mol. The minimum atomic E-state index is -0.0985. The molecule has 0 saturated carbocycles. The van der Waals surface area contributed by atoms with E-state index in [1.165, 1.54) is 0 Å². The Bertz CT molecular complexity index is 189. The third-order valence-electron chi connectivity index (χ3n) is 1.67. The number of amides is 2. The van der Waals surface area contributed by atoms with E-state index < -0.39 is 0 Å². The van der Waals surface area contributed by atoms with Crippen molar-refractivity contribution in [3.63, 3.8) is 0 Å². The normalized spacial score (nSPS) is 9.44. The summed E-state index contributed by atoms with van der Waals surface area (Å²) in [5.74, 6) is -0.0985. The Morgan fingerprint density at radius 3 is 2.50 bits per heavy atom. The topological polar surface area (TPSA) is 67.4 Å². The Hall–Kier alpha value is 0.536. The van der Waals surface area contributed by atoms with Gasteiger partial charge in [0.15, 0.2) is 0 Å². The van der Waals surface area contributed by atoms with Crippen LogP contribution in [0.1, 0.15) is 26.7 Å². The molecule has 0 saturated heterocycles. The molecule has 0 heterocycles. The Morgan fingerprint density at radius 2 is 1.94 bits per heavy atom. The second-order valence-corrected chi connectivity index (χ2v) is 3.45. The minimum Gasteiger partial charge on any atom is -0.530 e. The first-order valence-corrected chi connectivity index (χ1v) is 5.15. The standard InChI is InChI=1S/C10H19N2O3.K/c1-9(2)15-7-10(14)12-6-4-3-5-11-8-13;/h9H,3-7H2,1-2H3,(H,11,13)(H,12,14);/q-1;+1. The van der Waals surface area contributed by atoms with Gasteiger partial charge < -0.3 is 20.2 Å². The molecule has 0 aromatic rings.